The van der Waals surface area contributed by atoms with Gasteiger partial charge in [-0.25, -0.2) is 59.8 Å². The summed E-state index contributed by atoms with van der Waals surface area (Å²) in [6.45, 7) is 11.2. The molecule has 12 aromatic carbocycles. The number of para-hydroxylation sites is 10. The molecule has 0 aliphatic heterocycles. The summed E-state index contributed by atoms with van der Waals surface area (Å²) >= 11 is 0. The summed E-state index contributed by atoms with van der Waals surface area (Å²) in [5.74, 6) is 0.965. The van der Waals surface area contributed by atoms with E-state index in [0.717, 1.165) is 133 Å². The third kappa shape index (κ3) is 22.6. The highest BCUT2D eigenvalue weighted by atomic mass is 32.2. The number of carbonyl (C=O) groups excluding carboxylic acids is 2. The van der Waals surface area contributed by atoms with Crippen molar-refractivity contribution in [2.45, 2.75) is 54.8 Å². The van der Waals surface area contributed by atoms with Gasteiger partial charge in [-0.2, -0.15) is 9.59 Å². The quantitative estimate of drug-likeness (QED) is 0.0875. The van der Waals surface area contributed by atoms with E-state index in [2.05, 4.69) is 97.9 Å². The van der Waals surface area contributed by atoms with Crippen molar-refractivity contribution in [1.82, 2.24) is 59.8 Å². The van der Waals surface area contributed by atoms with Crippen molar-refractivity contribution in [3.63, 3.8) is 0 Å². The number of hydrogen-bond acceptors (Lipinski definition) is 29. The van der Waals surface area contributed by atoms with Crippen molar-refractivity contribution in [1.29, 1.82) is 0 Å². The van der Waals surface area contributed by atoms with E-state index in [1.807, 2.05) is 172 Å². The fourth-order valence-corrected chi connectivity index (χ4v) is 11.0. The molecule has 113 heavy (non-hydrogen) atoms. The number of aromatic nitrogens is 12. The fourth-order valence-electron chi connectivity index (χ4n) is 11.0. The molecule has 6 aromatic heterocycles. The first kappa shape index (κ1) is 82.7. The number of hydrogen-bond donors (Lipinski definition) is 6. The average Bonchev–Trinajstić information content (AvgIpc) is 0.787. The standard InChI is InChI=1S/C15H14N2O3.3C13H10N2O.2C13H10N2.CO2.3O3S/c1-8-2-11-14(5-15(8)20)17-13-4-10(7-19)9(6-18)3-12(13)16-11;3*1-8-6-11-12(7-13(8)16)15-10-5-3-2-4-9(10)14-11;2*1-9-6-7-12-13(8-9)15-11-5-3-2-4-10(11)14-12;2-1-3;3*1-4(2)3/h2-5,18-20H,6-7H2,1H3;3*2-7,16H,1H3;2*2-8H,1H3;;;;. The number of aliphatic hydroxyl groups excluding tert-OH is 2. The summed E-state index contributed by atoms with van der Waals surface area (Å²) in [5, 5.41) is 57.2. The maximum Gasteiger partial charge on any atom is 0.425 e. The van der Waals surface area contributed by atoms with Crippen LogP contribution in [-0.4, -0.2) is 134 Å². The smallest absolute Gasteiger partial charge is 0.425 e. The van der Waals surface area contributed by atoms with Crippen molar-refractivity contribution >= 4 is 170 Å². The van der Waals surface area contributed by atoms with Crippen molar-refractivity contribution in [3.05, 3.63) is 263 Å². The summed E-state index contributed by atoms with van der Waals surface area (Å²) in [7, 11) is -9.33. The first-order chi connectivity index (χ1) is 54.1. The average molecular weight is 1570 g/mol. The van der Waals surface area contributed by atoms with Gasteiger partial charge in [0, 0.05) is 24.3 Å². The maximum absolute atomic E-state index is 9.73. The van der Waals surface area contributed by atoms with Crippen LogP contribution in [0, 0.1) is 41.5 Å². The number of phenolic OH excluding ortho intramolecular Hbond substituents is 4. The zero-order valence-corrected chi connectivity index (χ0v) is 62.9. The van der Waals surface area contributed by atoms with E-state index in [1.54, 1.807) is 49.4 Å². The molecule has 0 saturated carbocycles. The Morgan fingerprint density at radius 1 is 0.230 bits per heavy atom. The lowest BCUT2D eigenvalue weighted by Gasteiger charge is -2.08. The lowest BCUT2D eigenvalue weighted by atomic mass is 10.1. The lowest BCUT2D eigenvalue weighted by molar-refractivity contribution is -0.191. The van der Waals surface area contributed by atoms with Gasteiger partial charge in [0.2, 0.25) is 0 Å². The minimum absolute atomic E-state index is 0.153. The van der Waals surface area contributed by atoms with Gasteiger partial charge in [-0.3, -0.25) is 0 Å². The molecule has 6 heterocycles. The number of aryl methyl sites for hydroxylation is 6. The second-order valence-electron chi connectivity index (χ2n) is 24.4. The van der Waals surface area contributed by atoms with Gasteiger partial charge < -0.3 is 30.6 Å². The minimum atomic E-state index is -3.11. The van der Waals surface area contributed by atoms with Crippen LogP contribution in [0.2, 0.25) is 0 Å². The molecule has 0 unspecified atom stereocenters. The molecule has 0 bridgehead atoms. The Balaban J connectivity index is 0.000000150. The first-order valence-electron chi connectivity index (χ1n) is 33.4. The van der Waals surface area contributed by atoms with Crippen LogP contribution < -0.4 is 0 Å². The van der Waals surface area contributed by atoms with Gasteiger partial charge in [0.15, 0.2) is 0 Å². The van der Waals surface area contributed by atoms with Gasteiger partial charge >= 0.3 is 38.0 Å². The monoisotopic (exact) mass is 1570 g/mol. The minimum Gasteiger partial charge on any atom is -0.508 e. The predicted molar refractivity (Wildman–Crippen MR) is 423 cm³/mol. The highest BCUT2D eigenvalue weighted by Gasteiger charge is 2.12. The zero-order chi connectivity index (χ0) is 81.6. The number of benzene rings is 12. The van der Waals surface area contributed by atoms with Crippen molar-refractivity contribution in [2.24, 2.45) is 0 Å². The number of nitrogens with zero attached hydrogens (tertiary/aromatic N) is 12. The molecular weight excluding hydrogens is 1510 g/mol. The van der Waals surface area contributed by atoms with E-state index >= 15 is 0 Å². The molecule has 0 atom stereocenters. The molecular formula is C81H64N12O17S3. The van der Waals surface area contributed by atoms with E-state index < -0.39 is 31.8 Å². The molecule has 0 aliphatic carbocycles. The number of aromatic hydroxyl groups is 4. The Labute approximate surface area is 645 Å². The van der Waals surface area contributed by atoms with E-state index in [4.69, 9.17) is 47.5 Å². The molecule has 0 spiro atoms. The molecule has 568 valence electrons. The summed E-state index contributed by atoms with van der Waals surface area (Å²) in [6, 6.07) is 68.7. The summed E-state index contributed by atoms with van der Waals surface area (Å²) in [5.41, 5.74) is 26.9. The molecule has 6 N–H and O–H groups in total. The molecule has 0 fully saturated rings. The molecule has 29 nitrogen and oxygen atoms in total. The van der Waals surface area contributed by atoms with Crippen molar-refractivity contribution in [2.75, 3.05) is 0 Å². The lowest BCUT2D eigenvalue weighted by Crippen LogP contribution is -1.97. The summed E-state index contributed by atoms with van der Waals surface area (Å²) < 4.78 is 76.0. The second-order valence-corrected chi connectivity index (χ2v) is 25.6. The van der Waals surface area contributed by atoms with E-state index in [9.17, 15) is 30.6 Å². The van der Waals surface area contributed by atoms with Gasteiger partial charge in [0.25, 0.3) is 0 Å². The van der Waals surface area contributed by atoms with Crippen LogP contribution in [0.25, 0.3) is 132 Å². The van der Waals surface area contributed by atoms with E-state index in [1.165, 1.54) is 11.1 Å². The Morgan fingerprint density at radius 3 is 0.558 bits per heavy atom. The van der Waals surface area contributed by atoms with Crippen molar-refractivity contribution < 1.29 is 78.1 Å². The largest absolute Gasteiger partial charge is 0.508 e. The Morgan fingerprint density at radius 2 is 0.372 bits per heavy atom. The Kier molecular flexibility index (Phi) is 28.2. The van der Waals surface area contributed by atoms with Gasteiger partial charge in [0.1, 0.15) is 23.0 Å². The highest BCUT2D eigenvalue weighted by Crippen LogP contribution is 2.30. The molecule has 18 aromatic rings. The molecule has 0 aliphatic rings. The SMILES string of the molecule is Cc1cc2nc3cc(CO)c(CO)cc3nc2cc1O.Cc1cc2nc3ccccc3nc2cc1O.Cc1cc2nc3ccccc3nc2cc1O.Cc1cc2nc3ccccc3nc2cc1O.Cc1ccc2nc3ccccc3nc2c1.Cc1ccc2nc3ccccc3nc2c1.O=C=O.O=S(=O)=O.O=S(=O)=O.O=S(=O)=O. The zero-order valence-electron chi connectivity index (χ0n) is 60.5. The van der Waals surface area contributed by atoms with Gasteiger partial charge in [-0.05, 0) is 207 Å². The summed E-state index contributed by atoms with van der Waals surface area (Å²) in [6.07, 6.45) is 0.250. The van der Waals surface area contributed by atoms with Crippen LogP contribution in [0.5, 0.6) is 23.0 Å². The van der Waals surface area contributed by atoms with E-state index in [-0.39, 0.29) is 42.4 Å². The molecule has 0 radical (unpaired) electrons. The number of aliphatic hydroxyl groups is 2. The Hall–Kier alpha value is -14.4. The summed E-state index contributed by atoms with van der Waals surface area (Å²) in [4.78, 5) is 70.3. The number of phenols is 4. The third-order valence-corrected chi connectivity index (χ3v) is 16.4. The third-order valence-electron chi connectivity index (χ3n) is 16.4. The van der Waals surface area contributed by atoms with Crippen LogP contribution in [-0.2, 0) is 54.6 Å². The van der Waals surface area contributed by atoms with Crippen LogP contribution in [0.1, 0.15) is 44.5 Å². The van der Waals surface area contributed by atoms with Crippen LogP contribution in [0.15, 0.2) is 218 Å². The van der Waals surface area contributed by atoms with Crippen LogP contribution in [0.4, 0.5) is 0 Å². The predicted octanol–water partition coefficient (Wildman–Crippen LogP) is 12.8. The second kappa shape index (κ2) is 38.6. The Bertz CT molecular complexity index is 6300. The van der Waals surface area contributed by atoms with Crippen LogP contribution in [0.3, 0.4) is 0 Å². The van der Waals surface area contributed by atoms with E-state index in [0.29, 0.717) is 33.2 Å². The number of rotatable bonds is 2. The maximum atomic E-state index is 9.73. The molecule has 0 amide bonds. The highest BCUT2D eigenvalue weighted by molar-refractivity contribution is 7.59. The fraction of sp³-hybridized carbons (Fsp3) is 0.0988. The topological polar surface area (TPSA) is 464 Å². The van der Waals surface area contributed by atoms with Gasteiger partial charge in [0.05, 0.1) is 146 Å². The molecule has 0 saturated heterocycles. The normalized spacial score (nSPS) is 10.3. The number of fused-ring (bicyclic) bond motifs is 12. The molecule has 32 heteroatoms. The first-order valence-corrected chi connectivity index (χ1v) is 36.4. The molecule has 18 rings (SSSR count). The van der Waals surface area contributed by atoms with Gasteiger partial charge in [-0.1, -0.05) is 72.8 Å². The van der Waals surface area contributed by atoms with Crippen molar-refractivity contribution in [3.8, 4) is 23.0 Å². The van der Waals surface area contributed by atoms with Gasteiger partial charge in [-0.15, -0.1) is 37.9 Å². The van der Waals surface area contributed by atoms with Crippen LogP contribution >= 0.6 is 0 Å².